The van der Waals surface area contributed by atoms with Gasteiger partial charge in [-0.1, -0.05) is 0 Å². The van der Waals surface area contributed by atoms with Crippen molar-refractivity contribution >= 4 is 15.7 Å². The van der Waals surface area contributed by atoms with Gasteiger partial charge in [-0.15, -0.1) is 0 Å². The molecule has 0 aliphatic rings. The van der Waals surface area contributed by atoms with Crippen LogP contribution in [-0.4, -0.2) is 49.2 Å². The van der Waals surface area contributed by atoms with Crippen molar-refractivity contribution in [3.63, 3.8) is 0 Å². The normalized spacial score (nSPS) is 12.3. The number of nitrogens with one attached hydrogen (secondary N) is 1. The maximum absolute atomic E-state index is 12.0. The Morgan fingerprint density at radius 3 is 2.82 bits per heavy atom. The summed E-state index contributed by atoms with van der Waals surface area (Å²) in [5, 5.41) is 12.2. The van der Waals surface area contributed by atoms with Crippen molar-refractivity contribution in [3.8, 4) is 0 Å². The maximum Gasteiger partial charge on any atom is 0.239 e. The van der Waals surface area contributed by atoms with E-state index in [9.17, 15) is 18.3 Å². The summed E-state index contributed by atoms with van der Waals surface area (Å²) in [6.45, 7) is 0.792. The van der Waals surface area contributed by atoms with Gasteiger partial charge in [0, 0.05) is 31.1 Å². The fourth-order valence-electron chi connectivity index (χ4n) is 2.52. The fourth-order valence-corrected chi connectivity index (χ4v) is 3.71. The van der Waals surface area contributed by atoms with E-state index in [0.717, 1.165) is 24.0 Å². The van der Waals surface area contributed by atoms with Gasteiger partial charge >= 0.3 is 0 Å². The van der Waals surface area contributed by atoms with Crippen molar-refractivity contribution in [2.24, 2.45) is 0 Å². The number of aryl methyl sites for hydroxylation is 1. The second kappa shape index (κ2) is 10.0. The molecule has 0 atom stereocenters. The molecule has 2 heterocycles. The Labute approximate surface area is 164 Å². The predicted molar refractivity (Wildman–Crippen MR) is 105 cm³/mol. The third-order valence-electron chi connectivity index (χ3n) is 3.71. The molecule has 8 nitrogen and oxygen atoms in total. The average molecular weight is 407 g/mol. The Hall–Kier alpha value is -2.65. The third kappa shape index (κ3) is 7.93. The summed E-state index contributed by atoms with van der Waals surface area (Å²) in [6, 6.07) is 7.01. The molecule has 0 unspecified atom stereocenters. The minimum absolute atomic E-state index is 0.0587. The van der Waals surface area contributed by atoms with Crippen molar-refractivity contribution in [2.75, 3.05) is 19.8 Å². The van der Waals surface area contributed by atoms with Gasteiger partial charge in [0.15, 0.2) is 9.84 Å². The number of aromatic nitrogens is 1. The quantitative estimate of drug-likeness (QED) is 0.578. The molecule has 0 aromatic carbocycles. The van der Waals surface area contributed by atoms with Crippen LogP contribution in [0, 0.1) is 0 Å². The van der Waals surface area contributed by atoms with Crippen molar-refractivity contribution in [1.29, 1.82) is 0 Å². The number of aliphatic hydroxyl groups is 1. The van der Waals surface area contributed by atoms with Crippen molar-refractivity contribution in [1.82, 2.24) is 15.2 Å². The molecule has 2 rings (SSSR count). The summed E-state index contributed by atoms with van der Waals surface area (Å²) in [5.74, 6) is -1.54. The first kappa shape index (κ1) is 21.6. The van der Waals surface area contributed by atoms with E-state index < -0.39 is 21.5 Å². The van der Waals surface area contributed by atoms with Crippen LogP contribution in [0.2, 0.25) is 0 Å². The highest BCUT2D eigenvalue weighted by atomic mass is 32.2. The molecule has 0 bridgehead atoms. The molecular formula is C19H25N3O5S. The number of allylic oxidation sites excluding steroid dienone is 1. The number of rotatable bonds is 10. The van der Waals surface area contributed by atoms with Gasteiger partial charge in [0.1, 0.15) is 23.0 Å². The van der Waals surface area contributed by atoms with E-state index in [4.69, 9.17) is 4.42 Å². The molecule has 0 saturated carbocycles. The molecule has 0 aliphatic heterocycles. The van der Waals surface area contributed by atoms with Crippen molar-refractivity contribution in [2.45, 2.75) is 25.1 Å². The van der Waals surface area contributed by atoms with Crippen LogP contribution >= 0.6 is 0 Å². The minimum Gasteiger partial charge on any atom is -0.511 e. The molecule has 2 N–H and O–H groups in total. The highest BCUT2D eigenvalue weighted by Crippen LogP contribution is 2.09. The minimum atomic E-state index is -3.65. The number of nitrogens with zero attached hydrogens (tertiary/aromatic N) is 2. The first-order valence-corrected chi connectivity index (χ1v) is 10.5. The first-order chi connectivity index (χ1) is 13.2. The number of furan rings is 1. The van der Waals surface area contributed by atoms with Crippen LogP contribution in [0.1, 0.15) is 23.4 Å². The second-order valence-electron chi connectivity index (χ2n) is 6.71. The highest BCUT2D eigenvalue weighted by molar-refractivity contribution is 7.91. The molecular weight excluding hydrogens is 382 g/mol. The second-order valence-corrected chi connectivity index (χ2v) is 8.77. The largest absolute Gasteiger partial charge is 0.511 e. The van der Waals surface area contributed by atoms with E-state index in [0.29, 0.717) is 6.42 Å². The zero-order valence-corrected chi connectivity index (χ0v) is 16.8. The maximum atomic E-state index is 12.0. The number of hydrogen-bond donors (Lipinski definition) is 2. The van der Waals surface area contributed by atoms with E-state index in [-0.39, 0.29) is 23.7 Å². The number of sulfone groups is 1. The molecule has 0 saturated heterocycles. The summed E-state index contributed by atoms with van der Waals surface area (Å²) >= 11 is 0. The van der Waals surface area contributed by atoms with E-state index in [1.165, 1.54) is 12.3 Å². The Balaban J connectivity index is 1.81. The van der Waals surface area contributed by atoms with Crippen LogP contribution in [0.4, 0.5) is 0 Å². The topological polar surface area (TPSA) is 113 Å². The van der Waals surface area contributed by atoms with Gasteiger partial charge in [0.05, 0.1) is 6.26 Å². The number of amides is 1. The first-order valence-electron chi connectivity index (χ1n) is 8.72. The monoisotopic (exact) mass is 407 g/mol. The molecule has 0 aliphatic carbocycles. The van der Waals surface area contributed by atoms with Crippen LogP contribution in [-0.2, 0) is 33.4 Å². The van der Waals surface area contributed by atoms with Crippen molar-refractivity contribution < 1.29 is 22.7 Å². The smallest absolute Gasteiger partial charge is 0.239 e. The van der Waals surface area contributed by atoms with Gasteiger partial charge in [-0.05, 0) is 50.3 Å². The van der Waals surface area contributed by atoms with Gasteiger partial charge in [-0.25, -0.2) is 8.42 Å². The predicted octanol–water partition coefficient (Wildman–Crippen LogP) is 1.80. The third-order valence-corrected chi connectivity index (χ3v) is 5.14. The van der Waals surface area contributed by atoms with Gasteiger partial charge < -0.3 is 19.7 Å². The molecule has 2 aromatic heterocycles. The number of pyridine rings is 1. The Morgan fingerprint density at radius 2 is 2.14 bits per heavy atom. The zero-order chi connectivity index (χ0) is 20.6. The Morgan fingerprint density at radius 1 is 1.36 bits per heavy atom. The number of carbonyl (C=O) groups is 1. The number of aliphatic hydroxyl groups excluding tert-OH is 1. The molecule has 9 heteroatoms. The number of hydrogen-bond acceptors (Lipinski definition) is 7. The molecule has 0 radical (unpaired) electrons. The summed E-state index contributed by atoms with van der Waals surface area (Å²) in [6.07, 6.45) is 4.99. The highest BCUT2D eigenvalue weighted by Gasteiger charge is 2.18. The Kier molecular flexibility index (Phi) is 7.77. The molecule has 28 heavy (non-hydrogen) atoms. The van der Waals surface area contributed by atoms with Crippen LogP contribution < -0.4 is 5.32 Å². The zero-order valence-electron chi connectivity index (χ0n) is 16.0. The van der Waals surface area contributed by atoms with Gasteiger partial charge in [-0.2, -0.15) is 0 Å². The molecule has 2 aromatic rings. The average Bonchev–Trinajstić information content (AvgIpc) is 3.09. The summed E-state index contributed by atoms with van der Waals surface area (Å²) < 4.78 is 28.9. The van der Waals surface area contributed by atoms with E-state index in [1.807, 2.05) is 31.1 Å². The van der Waals surface area contributed by atoms with Gasteiger partial charge in [0.2, 0.25) is 5.91 Å². The van der Waals surface area contributed by atoms with Crippen LogP contribution in [0.25, 0.3) is 0 Å². The Bertz CT molecular complexity index is 905. The van der Waals surface area contributed by atoms with Crippen LogP contribution in [0.15, 0.2) is 53.1 Å². The lowest BCUT2D eigenvalue weighted by Gasteiger charge is -2.10. The standard InChI is InChI=1S/C19H25N3O5S/c1-22(2)12-15-7-8-20-16(10-15)5-6-17(23)11-21-19(24)14-28(25,26)13-18-4-3-9-27-18/h3-4,7-11,23H,5-6,12-14H2,1-2H3,(H,21,24). The van der Waals surface area contributed by atoms with E-state index in [1.54, 1.807) is 12.3 Å². The fraction of sp³-hybridized carbons (Fsp3) is 0.368. The lowest BCUT2D eigenvalue weighted by atomic mass is 10.1. The molecule has 0 spiro atoms. The SMILES string of the molecule is CN(C)Cc1ccnc(CCC(O)=CNC(=O)CS(=O)(=O)Cc2ccco2)c1. The van der Waals surface area contributed by atoms with Gasteiger partial charge in [0.25, 0.3) is 0 Å². The van der Waals surface area contributed by atoms with Crippen LogP contribution in [0.5, 0.6) is 0 Å². The van der Waals surface area contributed by atoms with Crippen LogP contribution in [0.3, 0.4) is 0 Å². The lowest BCUT2D eigenvalue weighted by Crippen LogP contribution is -2.27. The number of carbonyl (C=O) groups excluding carboxylic acids is 1. The summed E-state index contributed by atoms with van der Waals surface area (Å²) in [4.78, 5) is 18.1. The summed E-state index contributed by atoms with van der Waals surface area (Å²) in [7, 11) is 0.304. The molecule has 1 amide bonds. The van der Waals surface area contributed by atoms with Crippen molar-refractivity contribution in [3.05, 3.63) is 65.7 Å². The van der Waals surface area contributed by atoms with Gasteiger partial charge in [-0.3, -0.25) is 9.78 Å². The lowest BCUT2D eigenvalue weighted by molar-refractivity contribution is -0.117. The molecule has 0 fully saturated rings. The summed E-state index contributed by atoms with van der Waals surface area (Å²) in [5.41, 5.74) is 1.94. The van der Waals surface area contributed by atoms with E-state index in [2.05, 4.69) is 10.3 Å². The van der Waals surface area contributed by atoms with E-state index >= 15 is 0 Å². The molecule has 152 valence electrons.